The molecule has 0 saturated heterocycles. The molecule has 3 aromatic rings. The molecular weight excluding hydrogens is 458 g/mol. The predicted molar refractivity (Wildman–Crippen MR) is 124 cm³/mol. The third kappa shape index (κ3) is 5.37. The topological polar surface area (TPSA) is 142 Å². The lowest BCUT2D eigenvalue weighted by molar-refractivity contribution is -0.763. The zero-order valence-corrected chi connectivity index (χ0v) is 19.1. The monoisotopic (exact) mass is 481 g/mol. The Balaban J connectivity index is 1.89. The number of aliphatic carboxylic acids is 1. The fraction of sp³-hybridized carbons (Fsp3) is 0.240. The van der Waals surface area contributed by atoms with Crippen LogP contribution in [0.2, 0.25) is 0 Å². The van der Waals surface area contributed by atoms with Crippen LogP contribution in [0, 0.1) is 10.1 Å². The second-order valence-corrected chi connectivity index (χ2v) is 7.69. The van der Waals surface area contributed by atoms with Gasteiger partial charge in [0.1, 0.15) is 19.0 Å². The average molecular weight is 481 g/mol. The van der Waals surface area contributed by atoms with Crippen LogP contribution >= 0.6 is 0 Å². The molecular formula is C25H23NO9. The first-order chi connectivity index (χ1) is 16.7. The van der Waals surface area contributed by atoms with Crippen molar-refractivity contribution < 1.29 is 38.9 Å². The normalized spacial score (nSPS) is 12.4. The predicted octanol–water partition coefficient (Wildman–Crippen LogP) is 3.72. The third-order valence-electron chi connectivity index (χ3n) is 5.65. The van der Waals surface area contributed by atoms with Crippen molar-refractivity contribution in [2.45, 2.75) is 25.4 Å². The van der Waals surface area contributed by atoms with Crippen molar-refractivity contribution in [1.29, 1.82) is 0 Å². The first-order valence-corrected chi connectivity index (χ1v) is 10.6. The Hall–Kier alpha value is -4.47. The highest BCUT2D eigenvalue weighted by Crippen LogP contribution is 2.32. The SMILES string of the molecule is CCC(=O)[C@](COC(=O)c1ccc(CO[N+](=O)[O-])cc1)(C(=O)O)c1ccc2cc(OC)ccc2c1. The van der Waals surface area contributed by atoms with Gasteiger partial charge >= 0.3 is 11.9 Å². The molecule has 0 aliphatic rings. The van der Waals surface area contributed by atoms with E-state index in [-0.39, 0.29) is 24.2 Å². The number of carbonyl (C=O) groups excluding carboxylic acids is 2. The highest BCUT2D eigenvalue weighted by atomic mass is 16.9. The maximum Gasteiger partial charge on any atom is 0.338 e. The molecule has 0 fully saturated rings. The molecule has 0 unspecified atom stereocenters. The molecule has 0 spiro atoms. The Morgan fingerprint density at radius 2 is 1.66 bits per heavy atom. The molecule has 0 amide bonds. The first kappa shape index (κ1) is 25.2. The van der Waals surface area contributed by atoms with Gasteiger partial charge in [0, 0.05) is 6.42 Å². The van der Waals surface area contributed by atoms with E-state index in [4.69, 9.17) is 9.47 Å². The van der Waals surface area contributed by atoms with E-state index in [0.717, 1.165) is 5.39 Å². The number of carboxylic acids is 1. The van der Waals surface area contributed by atoms with E-state index < -0.39 is 34.8 Å². The van der Waals surface area contributed by atoms with Crippen molar-refractivity contribution in [1.82, 2.24) is 0 Å². The molecule has 1 atom stereocenters. The van der Waals surface area contributed by atoms with Gasteiger partial charge in [-0.25, -0.2) is 4.79 Å². The van der Waals surface area contributed by atoms with E-state index in [1.165, 1.54) is 37.4 Å². The third-order valence-corrected chi connectivity index (χ3v) is 5.65. The number of esters is 1. The molecule has 0 aromatic heterocycles. The summed E-state index contributed by atoms with van der Waals surface area (Å²) in [4.78, 5) is 52.7. The number of Topliss-reactive ketones (excluding diaryl/α,β-unsaturated/α-hetero) is 1. The minimum atomic E-state index is -2.10. The zero-order valence-electron chi connectivity index (χ0n) is 19.1. The van der Waals surface area contributed by atoms with Gasteiger partial charge in [0.15, 0.2) is 11.2 Å². The van der Waals surface area contributed by atoms with Crippen molar-refractivity contribution in [3.63, 3.8) is 0 Å². The number of carboxylic acid groups (broad SMARTS) is 1. The van der Waals surface area contributed by atoms with Crippen LogP contribution < -0.4 is 4.74 Å². The van der Waals surface area contributed by atoms with Gasteiger partial charge in [-0.15, -0.1) is 10.1 Å². The summed E-state index contributed by atoms with van der Waals surface area (Å²) in [6, 6.07) is 15.7. The molecule has 3 aromatic carbocycles. The quantitative estimate of drug-likeness (QED) is 0.188. The summed E-state index contributed by atoms with van der Waals surface area (Å²) in [5.41, 5.74) is -1.37. The minimum absolute atomic E-state index is 0.0868. The molecule has 10 nitrogen and oxygen atoms in total. The summed E-state index contributed by atoms with van der Waals surface area (Å²) < 4.78 is 10.5. The van der Waals surface area contributed by atoms with Gasteiger partial charge in [-0.2, -0.15) is 0 Å². The maximum atomic E-state index is 13.0. The van der Waals surface area contributed by atoms with E-state index in [9.17, 15) is 29.6 Å². The van der Waals surface area contributed by atoms with Crippen molar-refractivity contribution in [2.75, 3.05) is 13.7 Å². The van der Waals surface area contributed by atoms with Crippen LogP contribution in [0.5, 0.6) is 5.75 Å². The van der Waals surface area contributed by atoms with Crippen molar-refractivity contribution in [2.24, 2.45) is 0 Å². The van der Waals surface area contributed by atoms with Crippen LogP contribution in [-0.4, -0.2) is 41.6 Å². The maximum absolute atomic E-state index is 13.0. The number of ether oxygens (including phenoxy) is 2. The van der Waals surface area contributed by atoms with Crippen LogP contribution in [0.3, 0.4) is 0 Å². The molecule has 10 heteroatoms. The van der Waals surface area contributed by atoms with E-state index in [1.807, 2.05) is 0 Å². The van der Waals surface area contributed by atoms with Crippen LogP contribution in [-0.2, 0) is 31.2 Å². The summed E-state index contributed by atoms with van der Waals surface area (Å²) in [6.45, 7) is 0.546. The fourth-order valence-electron chi connectivity index (χ4n) is 3.67. The largest absolute Gasteiger partial charge is 0.497 e. The van der Waals surface area contributed by atoms with Crippen LogP contribution in [0.25, 0.3) is 10.8 Å². The standard InChI is InChI=1S/C25H23NO9/c1-3-22(27)25(24(29)30,20-10-8-19-13-21(33-2)11-9-18(19)12-20)15-34-23(28)17-6-4-16(5-7-17)14-35-26(31)32/h4-13H,3,14-15H2,1-2H3,(H,29,30)/t25-/m1/s1. The first-order valence-electron chi connectivity index (χ1n) is 10.6. The molecule has 0 aliphatic heterocycles. The zero-order chi connectivity index (χ0) is 25.6. The Labute approximate surface area is 200 Å². The van der Waals surface area contributed by atoms with Gasteiger partial charge in [0.2, 0.25) is 0 Å². The summed E-state index contributed by atoms with van der Waals surface area (Å²) in [6.07, 6.45) is -0.0877. The highest BCUT2D eigenvalue weighted by molar-refractivity contribution is 6.10. The van der Waals surface area contributed by atoms with E-state index in [0.29, 0.717) is 16.7 Å². The van der Waals surface area contributed by atoms with Crippen molar-refractivity contribution >= 4 is 28.5 Å². The second kappa shape index (κ2) is 10.6. The highest BCUT2D eigenvalue weighted by Gasteiger charge is 2.48. The lowest BCUT2D eigenvalue weighted by Gasteiger charge is -2.28. The van der Waals surface area contributed by atoms with Gasteiger partial charge in [-0.05, 0) is 52.2 Å². The number of nitrogens with zero attached hydrogens (tertiary/aromatic N) is 1. The van der Waals surface area contributed by atoms with Gasteiger partial charge in [0.25, 0.3) is 5.09 Å². The molecule has 182 valence electrons. The number of fused-ring (bicyclic) bond motifs is 1. The van der Waals surface area contributed by atoms with Crippen molar-refractivity contribution in [3.8, 4) is 5.75 Å². The van der Waals surface area contributed by atoms with Crippen LogP contribution in [0.1, 0.15) is 34.8 Å². The minimum Gasteiger partial charge on any atom is -0.497 e. The van der Waals surface area contributed by atoms with E-state index in [1.54, 1.807) is 37.3 Å². The Bertz CT molecular complexity index is 1270. The fourth-order valence-corrected chi connectivity index (χ4v) is 3.67. The number of carbonyl (C=O) groups is 3. The van der Waals surface area contributed by atoms with Crippen LogP contribution in [0.15, 0.2) is 60.7 Å². The smallest absolute Gasteiger partial charge is 0.338 e. The second-order valence-electron chi connectivity index (χ2n) is 7.69. The van der Waals surface area contributed by atoms with Gasteiger partial charge < -0.3 is 19.4 Å². The Morgan fingerprint density at radius 1 is 1.00 bits per heavy atom. The van der Waals surface area contributed by atoms with Crippen LogP contribution in [0.4, 0.5) is 0 Å². The molecule has 0 saturated carbocycles. The molecule has 35 heavy (non-hydrogen) atoms. The van der Waals surface area contributed by atoms with Crippen molar-refractivity contribution in [3.05, 3.63) is 87.5 Å². The molecule has 0 radical (unpaired) electrons. The lowest BCUT2D eigenvalue weighted by atomic mass is 9.75. The molecule has 1 N–H and O–H groups in total. The van der Waals surface area contributed by atoms with Gasteiger partial charge in [-0.3, -0.25) is 9.59 Å². The summed E-state index contributed by atoms with van der Waals surface area (Å²) in [5.74, 6) is -2.26. The number of hydrogen-bond donors (Lipinski definition) is 1. The summed E-state index contributed by atoms with van der Waals surface area (Å²) in [5, 5.41) is 21.0. The number of hydrogen-bond acceptors (Lipinski definition) is 8. The Kier molecular flexibility index (Phi) is 7.65. The number of ketones is 1. The number of methoxy groups -OCH3 is 1. The van der Waals surface area contributed by atoms with E-state index in [2.05, 4.69) is 4.84 Å². The summed E-state index contributed by atoms with van der Waals surface area (Å²) in [7, 11) is 1.53. The molecule has 0 heterocycles. The summed E-state index contributed by atoms with van der Waals surface area (Å²) >= 11 is 0. The Morgan fingerprint density at radius 3 is 2.26 bits per heavy atom. The number of rotatable bonds is 11. The number of benzene rings is 3. The van der Waals surface area contributed by atoms with Gasteiger partial charge in [-0.1, -0.05) is 37.3 Å². The van der Waals surface area contributed by atoms with Gasteiger partial charge in [0.05, 0.1) is 12.7 Å². The lowest BCUT2D eigenvalue weighted by Crippen LogP contribution is -2.48. The average Bonchev–Trinajstić information content (AvgIpc) is 2.87. The molecule has 3 rings (SSSR count). The van der Waals surface area contributed by atoms with E-state index >= 15 is 0 Å². The molecule has 0 bridgehead atoms. The molecule has 0 aliphatic carbocycles.